The molecule has 0 N–H and O–H groups in total. The van der Waals surface area contributed by atoms with Gasteiger partial charge in [-0.25, -0.2) is 0 Å². The molecule has 0 spiro atoms. The molecule has 0 fully saturated rings. The van der Waals surface area contributed by atoms with Crippen molar-refractivity contribution in [3.8, 4) is 0 Å². The van der Waals surface area contributed by atoms with E-state index in [9.17, 15) is 0 Å². The van der Waals surface area contributed by atoms with Crippen molar-refractivity contribution in [3.63, 3.8) is 0 Å². The first kappa shape index (κ1) is 12.1. The van der Waals surface area contributed by atoms with Gasteiger partial charge in [-0.2, -0.15) is 0 Å². The summed E-state index contributed by atoms with van der Waals surface area (Å²) in [6.45, 7) is 4.88. The Balaban J connectivity index is 2.73. The second kappa shape index (κ2) is 11.1. The number of hydrogen-bond acceptors (Lipinski definition) is 3. The fraction of sp³-hybridized carbons (Fsp3) is 1.00. The van der Waals surface area contributed by atoms with Gasteiger partial charge in [0.1, 0.15) is 0 Å². The van der Waals surface area contributed by atoms with E-state index < -0.39 is 0 Å². The summed E-state index contributed by atoms with van der Waals surface area (Å²) in [4.78, 5) is 0. The highest BCUT2D eigenvalue weighted by molar-refractivity contribution is 6.26. The van der Waals surface area contributed by atoms with E-state index in [1.807, 2.05) is 0 Å². The van der Waals surface area contributed by atoms with Crippen molar-refractivity contribution in [2.24, 2.45) is 0 Å². The molecule has 4 heteroatoms. The zero-order chi connectivity index (χ0) is 9.07. The molecule has 0 heterocycles. The van der Waals surface area contributed by atoms with Crippen molar-refractivity contribution in [1.29, 1.82) is 0 Å². The van der Waals surface area contributed by atoms with Crippen molar-refractivity contribution >= 4 is 9.76 Å². The normalized spacial score (nSPS) is 10.5. The lowest BCUT2D eigenvalue weighted by molar-refractivity contribution is 0.0550. The van der Waals surface area contributed by atoms with Crippen molar-refractivity contribution in [1.82, 2.24) is 0 Å². The molecule has 0 aliphatic rings. The highest BCUT2D eigenvalue weighted by atomic mass is 28.2. The number of hydrogen-bond donors (Lipinski definition) is 0. The molecule has 0 amide bonds. The largest absolute Gasteiger partial charge is 0.415 e. The molecule has 2 radical (unpaired) electrons. The minimum atomic E-state index is 0.633. The molecule has 0 aromatic heterocycles. The summed E-state index contributed by atoms with van der Waals surface area (Å²) < 4.78 is 15.3. The van der Waals surface area contributed by atoms with Gasteiger partial charge in [0.25, 0.3) is 0 Å². The smallest absolute Gasteiger partial charge is 0.229 e. The van der Waals surface area contributed by atoms with Crippen LogP contribution in [0.2, 0.25) is 6.04 Å². The maximum Gasteiger partial charge on any atom is 0.229 e. The van der Waals surface area contributed by atoms with Crippen LogP contribution in [0.3, 0.4) is 0 Å². The fourth-order valence-corrected chi connectivity index (χ4v) is 1.17. The second-order valence-corrected chi connectivity index (χ2v) is 3.43. The molecule has 0 aliphatic heterocycles. The summed E-state index contributed by atoms with van der Waals surface area (Å²) in [5.41, 5.74) is 0. The Labute approximate surface area is 77.3 Å². The van der Waals surface area contributed by atoms with Gasteiger partial charge in [0.2, 0.25) is 9.76 Å². The molecular weight excluding hydrogens is 172 g/mol. The van der Waals surface area contributed by atoms with E-state index in [-0.39, 0.29) is 0 Å². The van der Waals surface area contributed by atoms with Crippen LogP contribution in [0.25, 0.3) is 0 Å². The van der Waals surface area contributed by atoms with Crippen LogP contribution in [0.1, 0.15) is 13.3 Å². The van der Waals surface area contributed by atoms with Crippen LogP contribution in [0.4, 0.5) is 0 Å². The Hall–Kier alpha value is 0.0969. The predicted molar refractivity (Wildman–Crippen MR) is 49.5 cm³/mol. The Morgan fingerprint density at radius 1 is 1.08 bits per heavy atom. The van der Waals surface area contributed by atoms with Crippen LogP contribution in [-0.2, 0) is 13.9 Å². The van der Waals surface area contributed by atoms with E-state index in [4.69, 9.17) is 13.9 Å². The molecule has 0 atom stereocenters. The number of methoxy groups -OCH3 is 1. The summed E-state index contributed by atoms with van der Waals surface area (Å²) in [7, 11) is 2.30. The van der Waals surface area contributed by atoms with Gasteiger partial charge in [0, 0.05) is 7.11 Å². The molecule has 0 unspecified atom stereocenters. The number of rotatable bonds is 9. The molecule has 0 aromatic rings. The van der Waals surface area contributed by atoms with Gasteiger partial charge < -0.3 is 13.9 Å². The Morgan fingerprint density at radius 2 is 1.83 bits per heavy atom. The average molecular weight is 190 g/mol. The van der Waals surface area contributed by atoms with E-state index >= 15 is 0 Å². The second-order valence-electron chi connectivity index (χ2n) is 2.35. The van der Waals surface area contributed by atoms with Crippen molar-refractivity contribution in [2.45, 2.75) is 19.4 Å². The standard InChI is InChI=1S/C8H18O3Si/c1-3-8-12-11-7-6-10-5-4-9-2/h3-8H2,1-2H3. The quantitative estimate of drug-likeness (QED) is 0.403. The van der Waals surface area contributed by atoms with Gasteiger partial charge >= 0.3 is 0 Å². The van der Waals surface area contributed by atoms with Gasteiger partial charge in [0.05, 0.1) is 26.4 Å². The summed E-state index contributed by atoms with van der Waals surface area (Å²) >= 11 is 0. The molecule has 3 nitrogen and oxygen atoms in total. The molecule has 0 saturated carbocycles. The van der Waals surface area contributed by atoms with Gasteiger partial charge in [-0.1, -0.05) is 13.3 Å². The molecule has 0 bridgehead atoms. The zero-order valence-corrected chi connectivity index (χ0v) is 8.97. The maximum atomic E-state index is 5.32. The van der Waals surface area contributed by atoms with Crippen LogP contribution >= 0.6 is 0 Å². The number of ether oxygens (including phenoxy) is 2. The summed E-state index contributed by atoms with van der Waals surface area (Å²) in [6, 6.07) is 1.16. The third-order valence-electron chi connectivity index (χ3n) is 1.22. The van der Waals surface area contributed by atoms with E-state index in [2.05, 4.69) is 6.92 Å². The van der Waals surface area contributed by atoms with Crippen LogP contribution in [-0.4, -0.2) is 43.3 Å². The van der Waals surface area contributed by atoms with Crippen molar-refractivity contribution in [3.05, 3.63) is 0 Å². The lowest BCUT2D eigenvalue weighted by Crippen LogP contribution is -2.09. The molecule has 0 rings (SSSR count). The Bertz CT molecular complexity index is 70.7. The molecule has 0 saturated heterocycles. The summed E-state index contributed by atoms with van der Waals surface area (Å²) in [6.07, 6.45) is 1.20. The molecular formula is C8H18O3Si. The van der Waals surface area contributed by atoms with Gasteiger partial charge in [-0.05, 0) is 6.04 Å². The van der Waals surface area contributed by atoms with Crippen LogP contribution < -0.4 is 0 Å². The van der Waals surface area contributed by atoms with Gasteiger partial charge in [0.15, 0.2) is 0 Å². The van der Waals surface area contributed by atoms with E-state index in [0.29, 0.717) is 36.2 Å². The maximum absolute atomic E-state index is 5.32. The zero-order valence-electron chi connectivity index (χ0n) is 7.97. The lowest BCUT2D eigenvalue weighted by Gasteiger charge is -2.03. The first-order valence-corrected chi connectivity index (χ1v) is 5.44. The van der Waals surface area contributed by atoms with Crippen molar-refractivity contribution in [2.75, 3.05) is 33.5 Å². The molecule has 0 aromatic carbocycles. The fourth-order valence-electron chi connectivity index (χ4n) is 0.591. The van der Waals surface area contributed by atoms with E-state index in [1.165, 1.54) is 6.42 Å². The van der Waals surface area contributed by atoms with Gasteiger partial charge in [-0.15, -0.1) is 0 Å². The molecule has 0 aliphatic carbocycles. The summed E-state index contributed by atoms with van der Waals surface area (Å²) in [5, 5.41) is 0. The van der Waals surface area contributed by atoms with Crippen LogP contribution in [0.15, 0.2) is 0 Å². The van der Waals surface area contributed by atoms with Gasteiger partial charge in [-0.3, -0.25) is 0 Å². The highest BCUT2D eigenvalue weighted by Gasteiger charge is 1.90. The van der Waals surface area contributed by atoms with E-state index in [1.54, 1.807) is 7.11 Å². The molecule has 12 heavy (non-hydrogen) atoms. The average Bonchev–Trinajstić information content (AvgIpc) is 2.10. The lowest BCUT2D eigenvalue weighted by atomic mass is 10.6. The van der Waals surface area contributed by atoms with Crippen molar-refractivity contribution < 1.29 is 13.9 Å². The molecule has 72 valence electrons. The van der Waals surface area contributed by atoms with E-state index in [0.717, 1.165) is 6.04 Å². The SMILES string of the molecule is CCC[Si]OCCOCCOC. The Morgan fingerprint density at radius 3 is 2.50 bits per heavy atom. The third-order valence-corrected chi connectivity index (χ3v) is 2.33. The minimum Gasteiger partial charge on any atom is -0.415 e. The Kier molecular flexibility index (Phi) is 11.2. The third kappa shape index (κ3) is 10.1. The van der Waals surface area contributed by atoms with Crippen LogP contribution in [0, 0.1) is 0 Å². The topological polar surface area (TPSA) is 27.7 Å². The monoisotopic (exact) mass is 190 g/mol. The highest BCUT2D eigenvalue weighted by Crippen LogP contribution is 1.86. The minimum absolute atomic E-state index is 0.633. The van der Waals surface area contributed by atoms with Crippen LogP contribution in [0.5, 0.6) is 0 Å². The first-order chi connectivity index (χ1) is 5.91. The summed E-state index contributed by atoms with van der Waals surface area (Å²) in [5.74, 6) is 0. The predicted octanol–water partition coefficient (Wildman–Crippen LogP) is 1.11. The first-order valence-electron chi connectivity index (χ1n) is 4.33.